The predicted octanol–water partition coefficient (Wildman–Crippen LogP) is 1.14. The fraction of sp³-hybridized carbons (Fsp3) is 0.429. The molecule has 3 heteroatoms. The molecule has 0 aliphatic heterocycles. The molecular formula is C7H13N3. The van der Waals surface area contributed by atoms with Gasteiger partial charge in [-0.05, 0) is 13.6 Å². The van der Waals surface area contributed by atoms with Crippen LogP contribution in [0.3, 0.4) is 0 Å². The van der Waals surface area contributed by atoms with E-state index in [-0.39, 0.29) is 0 Å². The van der Waals surface area contributed by atoms with Gasteiger partial charge in [-0.3, -0.25) is 0 Å². The maximum Gasteiger partial charge on any atom is 0.224 e. The summed E-state index contributed by atoms with van der Waals surface area (Å²) in [7, 11) is 1.90. The molecule has 0 amide bonds. The van der Waals surface area contributed by atoms with Crippen LogP contribution in [0.2, 0.25) is 0 Å². The van der Waals surface area contributed by atoms with Gasteiger partial charge in [-0.2, -0.15) is 0 Å². The summed E-state index contributed by atoms with van der Waals surface area (Å²) in [6, 6.07) is 0. The topological polar surface area (TPSA) is 28.0 Å². The number of hydrogen-bond acceptors (Lipinski definition) is 1. The summed E-state index contributed by atoms with van der Waals surface area (Å²) in [6.07, 6.45) is 1.45. The molecule has 0 N–H and O–H groups in total. The SMILES string of the molecule is C=CN=C(N=C)N(C)CC. The average Bonchev–Trinajstić information content (AvgIpc) is 1.99. The zero-order chi connectivity index (χ0) is 7.98. The fourth-order valence-corrected chi connectivity index (χ4v) is 0.483. The first-order chi connectivity index (χ1) is 4.76. The van der Waals surface area contributed by atoms with Crippen molar-refractivity contribution in [1.29, 1.82) is 0 Å². The minimum atomic E-state index is 0.609. The Morgan fingerprint density at radius 3 is 2.60 bits per heavy atom. The summed E-state index contributed by atoms with van der Waals surface area (Å²) in [5, 5.41) is 0. The van der Waals surface area contributed by atoms with Crippen molar-refractivity contribution >= 4 is 12.7 Å². The van der Waals surface area contributed by atoms with Gasteiger partial charge >= 0.3 is 0 Å². The van der Waals surface area contributed by atoms with E-state index in [4.69, 9.17) is 0 Å². The van der Waals surface area contributed by atoms with Crippen molar-refractivity contribution < 1.29 is 0 Å². The van der Waals surface area contributed by atoms with Crippen LogP contribution < -0.4 is 0 Å². The molecule has 0 atom stereocenters. The summed E-state index contributed by atoms with van der Waals surface area (Å²) in [4.78, 5) is 9.48. The van der Waals surface area contributed by atoms with Crippen LogP contribution in [-0.2, 0) is 0 Å². The molecule has 10 heavy (non-hydrogen) atoms. The summed E-state index contributed by atoms with van der Waals surface area (Å²) in [6.45, 7) is 9.73. The Morgan fingerprint density at radius 2 is 2.30 bits per heavy atom. The second kappa shape index (κ2) is 4.73. The Balaban J connectivity index is 4.18. The molecule has 0 spiro atoms. The standard InChI is InChI=1S/C7H13N3/c1-5-9-7(8-3)10(4)6-2/h5H,1,3,6H2,2,4H3. The lowest BCUT2D eigenvalue weighted by Crippen LogP contribution is -2.24. The maximum absolute atomic E-state index is 3.89. The van der Waals surface area contributed by atoms with Crippen LogP contribution in [0.5, 0.6) is 0 Å². The Labute approximate surface area is 61.8 Å². The third-order valence-corrected chi connectivity index (χ3v) is 1.16. The van der Waals surface area contributed by atoms with Crippen LogP contribution in [0.15, 0.2) is 22.8 Å². The molecule has 3 nitrogen and oxygen atoms in total. The van der Waals surface area contributed by atoms with Crippen molar-refractivity contribution in [1.82, 2.24) is 4.90 Å². The summed E-state index contributed by atoms with van der Waals surface area (Å²) >= 11 is 0. The zero-order valence-electron chi connectivity index (χ0n) is 6.54. The van der Waals surface area contributed by atoms with E-state index in [2.05, 4.69) is 23.3 Å². The number of aliphatic imine (C=N–C) groups is 2. The smallest absolute Gasteiger partial charge is 0.224 e. The summed E-state index contributed by atoms with van der Waals surface area (Å²) in [5.74, 6) is 0.609. The van der Waals surface area contributed by atoms with Gasteiger partial charge in [0.15, 0.2) is 0 Å². The first kappa shape index (κ1) is 8.88. The van der Waals surface area contributed by atoms with Crippen molar-refractivity contribution in [2.75, 3.05) is 13.6 Å². The molecule has 0 radical (unpaired) electrons. The average molecular weight is 139 g/mol. The number of hydrogen-bond donors (Lipinski definition) is 0. The second-order valence-corrected chi connectivity index (χ2v) is 1.78. The van der Waals surface area contributed by atoms with Gasteiger partial charge in [0.2, 0.25) is 5.96 Å². The molecule has 0 aliphatic carbocycles. The molecule has 0 unspecified atom stereocenters. The van der Waals surface area contributed by atoms with E-state index in [0.717, 1.165) is 6.54 Å². The third-order valence-electron chi connectivity index (χ3n) is 1.16. The maximum atomic E-state index is 3.89. The minimum Gasteiger partial charge on any atom is -0.344 e. The van der Waals surface area contributed by atoms with Crippen LogP contribution in [0, 0.1) is 0 Å². The lowest BCUT2D eigenvalue weighted by atomic mass is 10.6. The number of nitrogens with zero attached hydrogens (tertiary/aromatic N) is 3. The highest BCUT2D eigenvalue weighted by molar-refractivity contribution is 5.84. The normalized spacial score (nSPS) is 10.8. The quantitative estimate of drug-likeness (QED) is 0.416. The van der Waals surface area contributed by atoms with Crippen molar-refractivity contribution in [3.05, 3.63) is 12.8 Å². The Bertz CT molecular complexity index is 149. The molecular weight excluding hydrogens is 126 g/mol. The molecule has 0 aromatic rings. The van der Waals surface area contributed by atoms with Gasteiger partial charge in [0.1, 0.15) is 0 Å². The van der Waals surface area contributed by atoms with E-state index in [0.29, 0.717) is 5.96 Å². The van der Waals surface area contributed by atoms with Crippen molar-refractivity contribution in [2.24, 2.45) is 9.98 Å². The molecule has 0 aliphatic rings. The molecule has 0 bridgehead atoms. The Hall–Kier alpha value is -1.12. The van der Waals surface area contributed by atoms with Gasteiger partial charge in [0.25, 0.3) is 0 Å². The molecule has 0 fully saturated rings. The fourth-order valence-electron chi connectivity index (χ4n) is 0.483. The molecule has 0 aromatic carbocycles. The van der Waals surface area contributed by atoms with Gasteiger partial charge in [-0.25, -0.2) is 9.98 Å². The first-order valence-corrected chi connectivity index (χ1v) is 3.12. The molecule has 0 saturated heterocycles. The van der Waals surface area contributed by atoms with E-state index in [9.17, 15) is 0 Å². The lowest BCUT2D eigenvalue weighted by Gasteiger charge is -2.13. The largest absolute Gasteiger partial charge is 0.344 e. The van der Waals surface area contributed by atoms with Gasteiger partial charge < -0.3 is 4.90 Å². The van der Waals surface area contributed by atoms with Crippen molar-refractivity contribution in [2.45, 2.75) is 6.92 Å². The molecule has 0 rings (SSSR count). The van der Waals surface area contributed by atoms with Gasteiger partial charge in [0.05, 0.1) is 0 Å². The second-order valence-electron chi connectivity index (χ2n) is 1.78. The van der Waals surface area contributed by atoms with Gasteiger partial charge in [-0.15, -0.1) is 0 Å². The van der Waals surface area contributed by atoms with Crippen LogP contribution in [-0.4, -0.2) is 31.2 Å². The molecule has 0 heterocycles. The van der Waals surface area contributed by atoms with E-state index < -0.39 is 0 Å². The van der Waals surface area contributed by atoms with Gasteiger partial charge in [0, 0.05) is 19.8 Å². The third kappa shape index (κ3) is 2.44. The predicted molar refractivity (Wildman–Crippen MR) is 45.5 cm³/mol. The van der Waals surface area contributed by atoms with E-state index >= 15 is 0 Å². The summed E-state index contributed by atoms with van der Waals surface area (Å²) in [5.41, 5.74) is 0. The first-order valence-electron chi connectivity index (χ1n) is 3.12. The van der Waals surface area contributed by atoms with Crippen molar-refractivity contribution in [3.8, 4) is 0 Å². The van der Waals surface area contributed by atoms with Crippen LogP contribution >= 0.6 is 0 Å². The summed E-state index contributed by atoms with van der Waals surface area (Å²) < 4.78 is 0. The van der Waals surface area contributed by atoms with E-state index in [1.807, 2.05) is 18.9 Å². The Kier molecular flexibility index (Phi) is 4.20. The van der Waals surface area contributed by atoms with E-state index in [1.54, 1.807) is 0 Å². The van der Waals surface area contributed by atoms with Crippen LogP contribution in [0.25, 0.3) is 0 Å². The highest BCUT2D eigenvalue weighted by Crippen LogP contribution is 1.88. The zero-order valence-corrected chi connectivity index (χ0v) is 6.54. The van der Waals surface area contributed by atoms with Crippen LogP contribution in [0.1, 0.15) is 6.92 Å². The molecule has 0 aromatic heterocycles. The number of guanidine groups is 1. The van der Waals surface area contributed by atoms with Crippen molar-refractivity contribution in [3.63, 3.8) is 0 Å². The highest BCUT2D eigenvalue weighted by atomic mass is 15.2. The molecule has 56 valence electrons. The number of rotatable bonds is 2. The highest BCUT2D eigenvalue weighted by Gasteiger charge is 1.97. The minimum absolute atomic E-state index is 0.609. The van der Waals surface area contributed by atoms with Gasteiger partial charge in [-0.1, -0.05) is 6.58 Å². The Morgan fingerprint density at radius 1 is 1.70 bits per heavy atom. The lowest BCUT2D eigenvalue weighted by molar-refractivity contribution is 0.530. The van der Waals surface area contributed by atoms with Crippen LogP contribution in [0.4, 0.5) is 0 Å². The van der Waals surface area contributed by atoms with E-state index in [1.165, 1.54) is 6.20 Å². The monoisotopic (exact) mass is 139 g/mol. The molecule has 0 saturated carbocycles.